The fraction of sp³-hybridized carbons (Fsp3) is 0.588. The van der Waals surface area contributed by atoms with Gasteiger partial charge in [0.15, 0.2) is 0 Å². The number of aryl methyl sites for hydroxylation is 1. The summed E-state index contributed by atoms with van der Waals surface area (Å²) in [6.45, 7) is 6.89. The molecule has 20 heavy (non-hydrogen) atoms. The van der Waals surface area contributed by atoms with Crippen molar-refractivity contribution in [2.24, 2.45) is 5.92 Å². The summed E-state index contributed by atoms with van der Waals surface area (Å²) in [6, 6.07) is 8.05. The summed E-state index contributed by atoms with van der Waals surface area (Å²) in [5, 5.41) is 3.06. The summed E-state index contributed by atoms with van der Waals surface area (Å²) < 4.78 is 0. The van der Waals surface area contributed by atoms with E-state index >= 15 is 0 Å². The largest absolute Gasteiger partial charge is 0.325 e. The minimum absolute atomic E-state index is 0.111. The highest BCUT2D eigenvalue weighted by molar-refractivity contribution is 5.93. The van der Waals surface area contributed by atoms with E-state index in [1.165, 1.54) is 18.4 Å². The van der Waals surface area contributed by atoms with Crippen LogP contribution in [0.25, 0.3) is 0 Å². The number of hydrogen-bond donors (Lipinski definition) is 1. The van der Waals surface area contributed by atoms with Crippen molar-refractivity contribution in [2.45, 2.75) is 39.5 Å². The summed E-state index contributed by atoms with van der Waals surface area (Å²) >= 11 is 0. The lowest BCUT2D eigenvalue weighted by Gasteiger charge is -2.21. The Kier molecular flexibility index (Phi) is 5.60. The minimum atomic E-state index is 0.111. The lowest BCUT2D eigenvalue weighted by molar-refractivity contribution is -0.117. The fourth-order valence-electron chi connectivity index (χ4n) is 2.56. The van der Waals surface area contributed by atoms with Crippen LogP contribution in [-0.4, -0.2) is 30.4 Å². The molecule has 0 saturated heterocycles. The molecule has 0 heterocycles. The van der Waals surface area contributed by atoms with E-state index in [1.54, 1.807) is 0 Å². The van der Waals surface area contributed by atoms with Gasteiger partial charge in [0, 0.05) is 12.2 Å². The van der Waals surface area contributed by atoms with Crippen molar-refractivity contribution in [1.82, 2.24) is 4.90 Å². The third kappa shape index (κ3) is 4.64. The number of carbonyl (C=O) groups is 1. The van der Waals surface area contributed by atoms with Crippen LogP contribution in [0, 0.1) is 5.92 Å². The van der Waals surface area contributed by atoms with Crippen LogP contribution >= 0.6 is 0 Å². The van der Waals surface area contributed by atoms with Gasteiger partial charge in [-0.25, -0.2) is 0 Å². The Hall–Kier alpha value is -1.35. The van der Waals surface area contributed by atoms with Crippen LogP contribution < -0.4 is 5.32 Å². The van der Waals surface area contributed by atoms with Gasteiger partial charge in [-0.2, -0.15) is 0 Å². The maximum atomic E-state index is 12.2. The summed E-state index contributed by atoms with van der Waals surface area (Å²) in [6.07, 6.45) is 4.71. The molecule has 110 valence electrons. The topological polar surface area (TPSA) is 32.3 Å². The van der Waals surface area contributed by atoms with Crippen LogP contribution in [0.2, 0.25) is 0 Å². The lowest BCUT2D eigenvalue weighted by atomic mass is 10.1. The second-order valence-corrected chi connectivity index (χ2v) is 5.74. The first-order valence-corrected chi connectivity index (χ1v) is 7.83. The van der Waals surface area contributed by atoms with Crippen molar-refractivity contribution >= 4 is 11.6 Å². The number of anilines is 1. The van der Waals surface area contributed by atoms with Crippen molar-refractivity contribution in [3.8, 4) is 0 Å². The highest BCUT2D eigenvalue weighted by Crippen LogP contribution is 2.29. The molecule has 1 amide bonds. The molecule has 1 saturated carbocycles. The minimum Gasteiger partial charge on any atom is -0.325 e. The number of nitrogens with zero attached hydrogens (tertiary/aromatic N) is 1. The van der Waals surface area contributed by atoms with Gasteiger partial charge in [0.05, 0.1) is 6.54 Å². The molecule has 0 unspecified atom stereocenters. The summed E-state index contributed by atoms with van der Waals surface area (Å²) in [4.78, 5) is 14.5. The molecule has 3 nitrogen and oxygen atoms in total. The molecule has 1 aromatic rings. The molecular weight excluding hydrogens is 248 g/mol. The molecule has 0 aliphatic heterocycles. The zero-order chi connectivity index (χ0) is 14.4. The van der Waals surface area contributed by atoms with Gasteiger partial charge in [-0.1, -0.05) is 32.0 Å². The Balaban J connectivity index is 1.89. The van der Waals surface area contributed by atoms with E-state index < -0.39 is 0 Å². The molecule has 0 bridgehead atoms. The van der Waals surface area contributed by atoms with Crippen LogP contribution in [0.5, 0.6) is 0 Å². The van der Waals surface area contributed by atoms with Crippen molar-refractivity contribution < 1.29 is 4.79 Å². The van der Waals surface area contributed by atoms with Crippen LogP contribution in [0.3, 0.4) is 0 Å². The third-order valence-corrected chi connectivity index (χ3v) is 3.79. The van der Waals surface area contributed by atoms with E-state index in [-0.39, 0.29) is 5.91 Å². The van der Waals surface area contributed by atoms with Gasteiger partial charge in [-0.15, -0.1) is 0 Å². The highest BCUT2D eigenvalue weighted by atomic mass is 16.2. The van der Waals surface area contributed by atoms with Gasteiger partial charge in [0.2, 0.25) is 5.91 Å². The first-order valence-electron chi connectivity index (χ1n) is 7.83. The number of amides is 1. The van der Waals surface area contributed by atoms with Crippen LogP contribution in [0.4, 0.5) is 5.69 Å². The molecule has 1 aliphatic carbocycles. The zero-order valence-corrected chi connectivity index (χ0v) is 12.7. The molecule has 0 spiro atoms. The van der Waals surface area contributed by atoms with E-state index in [2.05, 4.69) is 30.1 Å². The molecule has 1 aliphatic rings. The van der Waals surface area contributed by atoms with Crippen molar-refractivity contribution in [1.29, 1.82) is 0 Å². The van der Waals surface area contributed by atoms with Crippen LogP contribution in [-0.2, 0) is 11.2 Å². The predicted molar refractivity (Wildman–Crippen MR) is 83.9 cm³/mol. The van der Waals surface area contributed by atoms with Crippen LogP contribution in [0.1, 0.15) is 38.7 Å². The van der Waals surface area contributed by atoms with Crippen LogP contribution in [0.15, 0.2) is 24.3 Å². The quantitative estimate of drug-likeness (QED) is 0.789. The van der Waals surface area contributed by atoms with Crippen molar-refractivity contribution in [2.75, 3.05) is 25.0 Å². The maximum Gasteiger partial charge on any atom is 0.238 e. The Bertz CT molecular complexity index is 440. The monoisotopic (exact) mass is 274 g/mol. The summed E-state index contributed by atoms with van der Waals surface area (Å²) in [5.41, 5.74) is 2.16. The van der Waals surface area contributed by atoms with Gasteiger partial charge in [0.1, 0.15) is 0 Å². The van der Waals surface area contributed by atoms with Crippen molar-refractivity contribution in [3.63, 3.8) is 0 Å². The first-order chi connectivity index (χ1) is 9.72. The van der Waals surface area contributed by atoms with Gasteiger partial charge in [0.25, 0.3) is 0 Å². The number of para-hydroxylation sites is 1. The van der Waals surface area contributed by atoms with Gasteiger partial charge < -0.3 is 5.32 Å². The summed E-state index contributed by atoms with van der Waals surface area (Å²) in [5.74, 6) is 0.942. The Morgan fingerprint density at radius 1 is 1.30 bits per heavy atom. The van der Waals surface area contributed by atoms with Crippen molar-refractivity contribution in [3.05, 3.63) is 29.8 Å². The Morgan fingerprint density at radius 2 is 2.05 bits per heavy atom. The number of rotatable bonds is 8. The summed E-state index contributed by atoms with van der Waals surface area (Å²) in [7, 11) is 0. The van der Waals surface area contributed by atoms with E-state index in [0.717, 1.165) is 37.5 Å². The predicted octanol–water partition coefficient (Wildman–Crippen LogP) is 3.31. The fourth-order valence-corrected chi connectivity index (χ4v) is 2.56. The molecule has 3 heteroatoms. The molecule has 2 rings (SSSR count). The lowest BCUT2D eigenvalue weighted by Crippen LogP contribution is -2.35. The number of benzene rings is 1. The average Bonchev–Trinajstić information content (AvgIpc) is 3.23. The second-order valence-electron chi connectivity index (χ2n) is 5.74. The van der Waals surface area contributed by atoms with E-state index in [4.69, 9.17) is 0 Å². The van der Waals surface area contributed by atoms with E-state index in [0.29, 0.717) is 6.54 Å². The molecule has 0 aromatic heterocycles. The molecular formula is C17H26N2O. The van der Waals surface area contributed by atoms with Gasteiger partial charge in [-0.3, -0.25) is 9.69 Å². The smallest absolute Gasteiger partial charge is 0.238 e. The van der Waals surface area contributed by atoms with Gasteiger partial charge in [-0.05, 0) is 49.8 Å². The van der Waals surface area contributed by atoms with E-state index in [1.807, 2.05) is 18.2 Å². The number of hydrogen-bond acceptors (Lipinski definition) is 2. The second kappa shape index (κ2) is 7.44. The highest BCUT2D eigenvalue weighted by Gasteiger charge is 2.24. The molecule has 1 fully saturated rings. The first kappa shape index (κ1) is 15.0. The molecule has 1 aromatic carbocycles. The number of nitrogens with one attached hydrogen (secondary N) is 1. The molecule has 1 N–H and O–H groups in total. The molecule has 0 atom stereocenters. The Morgan fingerprint density at radius 3 is 2.70 bits per heavy atom. The normalized spacial score (nSPS) is 14.6. The SMILES string of the molecule is CCCN(CC(=O)Nc1ccccc1CC)CC1CC1. The molecule has 0 radical (unpaired) electrons. The standard InChI is InChI=1S/C17H26N2O/c1-3-11-19(12-14-9-10-14)13-17(20)18-16-8-6-5-7-15(16)4-2/h5-8,14H,3-4,9-13H2,1-2H3,(H,18,20). The van der Waals surface area contributed by atoms with Gasteiger partial charge >= 0.3 is 0 Å². The average molecular weight is 274 g/mol. The van der Waals surface area contributed by atoms with E-state index in [9.17, 15) is 4.79 Å². The third-order valence-electron chi connectivity index (χ3n) is 3.79. The zero-order valence-electron chi connectivity index (χ0n) is 12.7. The number of carbonyl (C=O) groups excluding carboxylic acids is 1. The Labute approximate surface area is 122 Å². The maximum absolute atomic E-state index is 12.2.